The highest BCUT2D eigenvalue weighted by Crippen LogP contribution is 2.30. The number of methoxy groups -OCH3 is 1. The molecule has 2 amide bonds. The van der Waals surface area contributed by atoms with Gasteiger partial charge in [0.2, 0.25) is 0 Å². The van der Waals surface area contributed by atoms with Gasteiger partial charge in [-0.15, -0.1) is 0 Å². The summed E-state index contributed by atoms with van der Waals surface area (Å²) in [5, 5.41) is 4.18. The van der Waals surface area contributed by atoms with Crippen molar-refractivity contribution in [3.8, 4) is 17.0 Å². The maximum absolute atomic E-state index is 13.5. The first-order chi connectivity index (χ1) is 16.5. The molecule has 0 aliphatic carbocycles. The molecule has 2 saturated heterocycles. The van der Waals surface area contributed by atoms with E-state index in [4.69, 9.17) is 14.0 Å². The Hall–Kier alpha value is -3.07. The highest BCUT2D eigenvalue weighted by atomic mass is 16.6. The van der Waals surface area contributed by atoms with Crippen molar-refractivity contribution in [3.63, 3.8) is 0 Å². The van der Waals surface area contributed by atoms with Gasteiger partial charge in [-0.25, -0.2) is 4.79 Å². The normalized spacial score (nSPS) is 18.0. The number of benzene rings is 1. The van der Waals surface area contributed by atoms with Crippen molar-refractivity contribution >= 4 is 12.0 Å². The SMILES string of the molecule is CCOC(=O)N1CCCN(C2CCN(C(=O)c3c(-c4cccc(OC)c4)noc3C)CC2)CC1. The Morgan fingerprint density at radius 2 is 1.88 bits per heavy atom. The molecule has 2 fully saturated rings. The van der Waals surface area contributed by atoms with Gasteiger partial charge in [0.25, 0.3) is 5.91 Å². The van der Waals surface area contributed by atoms with Crippen LogP contribution in [-0.2, 0) is 4.74 Å². The third-order valence-corrected chi connectivity index (χ3v) is 6.74. The summed E-state index contributed by atoms with van der Waals surface area (Å²) < 4.78 is 15.9. The average molecular weight is 471 g/mol. The first-order valence-corrected chi connectivity index (χ1v) is 12.1. The Morgan fingerprint density at radius 3 is 2.62 bits per heavy atom. The van der Waals surface area contributed by atoms with Crippen LogP contribution >= 0.6 is 0 Å². The number of carbonyl (C=O) groups is 2. The number of piperidine rings is 1. The van der Waals surface area contributed by atoms with E-state index in [2.05, 4.69) is 10.1 Å². The fraction of sp³-hybridized carbons (Fsp3) is 0.560. The van der Waals surface area contributed by atoms with E-state index < -0.39 is 0 Å². The van der Waals surface area contributed by atoms with Gasteiger partial charge in [-0.1, -0.05) is 17.3 Å². The molecule has 2 aromatic rings. The molecular formula is C25H34N4O5. The van der Waals surface area contributed by atoms with Gasteiger partial charge in [-0.2, -0.15) is 0 Å². The number of likely N-dealkylation sites (tertiary alicyclic amines) is 1. The number of hydrogen-bond donors (Lipinski definition) is 0. The zero-order valence-corrected chi connectivity index (χ0v) is 20.3. The van der Waals surface area contributed by atoms with Crippen molar-refractivity contribution in [1.29, 1.82) is 0 Å². The molecule has 1 aromatic heterocycles. The van der Waals surface area contributed by atoms with E-state index in [0.717, 1.165) is 44.5 Å². The molecule has 0 N–H and O–H groups in total. The Morgan fingerprint density at radius 1 is 1.09 bits per heavy atom. The number of ether oxygens (including phenoxy) is 2. The van der Waals surface area contributed by atoms with Crippen molar-refractivity contribution < 1.29 is 23.6 Å². The average Bonchev–Trinajstić information content (AvgIpc) is 3.08. The number of amides is 2. The van der Waals surface area contributed by atoms with E-state index in [1.807, 2.05) is 36.1 Å². The molecule has 9 heteroatoms. The molecule has 9 nitrogen and oxygen atoms in total. The van der Waals surface area contributed by atoms with Crippen molar-refractivity contribution in [3.05, 3.63) is 35.6 Å². The van der Waals surface area contributed by atoms with E-state index in [1.165, 1.54) is 0 Å². The van der Waals surface area contributed by atoms with Crippen LogP contribution in [-0.4, -0.2) is 90.9 Å². The zero-order chi connectivity index (χ0) is 24.1. The lowest BCUT2D eigenvalue weighted by atomic mass is 10.00. The van der Waals surface area contributed by atoms with Crippen LogP contribution in [0.1, 0.15) is 42.3 Å². The molecule has 0 atom stereocenters. The fourth-order valence-corrected chi connectivity index (χ4v) is 4.88. The molecule has 0 bridgehead atoms. The minimum absolute atomic E-state index is 0.0422. The summed E-state index contributed by atoms with van der Waals surface area (Å²) in [5.74, 6) is 1.19. The van der Waals surface area contributed by atoms with Crippen molar-refractivity contribution in [1.82, 2.24) is 19.9 Å². The smallest absolute Gasteiger partial charge is 0.409 e. The maximum atomic E-state index is 13.5. The van der Waals surface area contributed by atoms with Gasteiger partial charge in [-0.3, -0.25) is 9.69 Å². The molecular weight excluding hydrogens is 436 g/mol. The highest BCUT2D eigenvalue weighted by Gasteiger charge is 2.32. The van der Waals surface area contributed by atoms with Gasteiger partial charge in [-0.05, 0) is 45.2 Å². The van der Waals surface area contributed by atoms with Crippen LogP contribution in [0.5, 0.6) is 5.75 Å². The highest BCUT2D eigenvalue weighted by molar-refractivity contribution is 6.00. The van der Waals surface area contributed by atoms with Gasteiger partial charge < -0.3 is 23.8 Å². The van der Waals surface area contributed by atoms with Gasteiger partial charge in [0.1, 0.15) is 22.8 Å². The quantitative estimate of drug-likeness (QED) is 0.662. The van der Waals surface area contributed by atoms with Crippen molar-refractivity contribution in [2.24, 2.45) is 0 Å². The number of carbonyl (C=O) groups excluding carboxylic acids is 2. The summed E-state index contributed by atoms with van der Waals surface area (Å²) in [6.07, 6.45) is 2.52. The second-order valence-electron chi connectivity index (χ2n) is 8.79. The van der Waals surface area contributed by atoms with Crippen LogP contribution < -0.4 is 4.74 Å². The first kappa shape index (κ1) is 24.1. The predicted octanol–water partition coefficient (Wildman–Crippen LogP) is 3.43. The minimum Gasteiger partial charge on any atom is -0.497 e. The zero-order valence-electron chi connectivity index (χ0n) is 20.3. The van der Waals surface area contributed by atoms with Crippen LogP contribution in [0.25, 0.3) is 11.3 Å². The van der Waals surface area contributed by atoms with Gasteiger partial charge in [0.15, 0.2) is 0 Å². The molecule has 0 saturated carbocycles. The maximum Gasteiger partial charge on any atom is 0.409 e. The second-order valence-corrected chi connectivity index (χ2v) is 8.79. The lowest BCUT2D eigenvalue weighted by Crippen LogP contribution is -2.48. The lowest BCUT2D eigenvalue weighted by molar-refractivity contribution is 0.0618. The van der Waals surface area contributed by atoms with Crippen LogP contribution in [0.15, 0.2) is 28.8 Å². The molecule has 3 heterocycles. The van der Waals surface area contributed by atoms with E-state index >= 15 is 0 Å². The number of rotatable bonds is 5. The van der Waals surface area contributed by atoms with E-state index in [-0.39, 0.29) is 12.0 Å². The second kappa shape index (κ2) is 10.9. The molecule has 0 unspecified atom stereocenters. The monoisotopic (exact) mass is 470 g/mol. The van der Waals surface area contributed by atoms with Gasteiger partial charge >= 0.3 is 6.09 Å². The van der Waals surface area contributed by atoms with E-state index in [1.54, 1.807) is 18.9 Å². The number of aromatic nitrogens is 1. The van der Waals surface area contributed by atoms with Crippen LogP contribution in [0.2, 0.25) is 0 Å². The molecule has 34 heavy (non-hydrogen) atoms. The fourth-order valence-electron chi connectivity index (χ4n) is 4.88. The summed E-state index contributed by atoms with van der Waals surface area (Å²) in [6, 6.07) is 7.91. The van der Waals surface area contributed by atoms with Gasteiger partial charge in [0, 0.05) is 50.9 Å². The number of aryl methyl sites for hydroxylation is 1. The summed E-state index contributed by atoms with van der Waals surface area (Å²) >= 11 is 0. The molecule has 0 spiro atoms. The van der Waals surface area contributed by atoms with Crippen LogP contribution in [0, 0.1) is 6.92 Å². The Kier molecular flexibility index (Phi) is 7.72. The topological polar surface area (TPSA) is 88.4 Å². The van der Waals surface area contributed by atoms with Gasteiger partial charge in [0.05, 0.1) is 13.7 Å². The standard InChI is InChI=1S/C25H34N4O5/c1-4-33-25(31)29-12-6-11-27(15-16-29)20-9-13-28(14-10-20)24(30)22-18(2)34-26-23(22)19-7-5-8-21(17-19)32-3/h5,7-8,17,20H,4,6,9-16H2,1-3H3. The third kappa shape index (κ3) is 5.19. The molecule has 2 aliphatic rings. The largest absolute Gasteiger partial charge is 0.497 e. The van der Waals surface area contributed by atoms with Crippen molar-refractivity contribution in [2.75, 3.05) is 53.0 Å². The third-order valence-electron chi connectivity index (χ3n) is 6.74. The molecule has 184 valence electrons. The van der Waals surface area contributed by atoms with Crippen LogP contribution in [0.4, 0.5) is 4.79 Å². The van der Waals surface area contributed by atoms with Crippen molar-refractivity contribution in [2.45, 2.75) is 39.2 Å². The van der Waals surface area contributed by atoms with E-state index in [9.17, 15) is 9.59 Å². The Balaban J connectivity index is 1.38. The predicted molar refractivity (Wildman–Crippen MR) is 127 cm³/mol. The molecule has 0 radical (unpaired) electrons. The molecule has 1 aromatic carbocycles. The minimum atomic E-state index is -0.222. The first-order valence-electron chi connectivity index (χ1n) is 12.1. The molecule has 2 aliphatic heterocycles. The van der Waals surface area contributed by atoms with Crippen LogP contribution in [0.3, 0.4) is 0 Å². The lowest BCUT2D eigenvalue weighted by Gasteiger charge is -2.38. The number of hydrogen-bond acceptors (Lipinski definition) is 7. The Bertz CT molecular complexity index is 999. The number of nitrogens with zero attached hydrogens (tertiary/aromatic N) is 4. The summed E-state index contributed by atoms with van der Waals surface area (Å²) in [6.45, 7) is 8.58. The summed E-state index contributed by atoms with van der Waals surface area (Å²) in [7, 11) is 1.61. The van der Waals surface area contributed by atoms with E-state index in [0.29, 0.717) is 55.1 Å². The Labute approximate surface area is 200 Å². The summed E-state index contributed by atoms with van der Waals surface area (Å²) in [5.41, 5.74) is 1.87. The summed E-state index contributed by atoms with van der Waals surface area (Å²) in [4.78, 5) is 31.7. The molecule has 4 rings (SSSR count).